The Balaban J connectivity index is 4.48. The van der Waals surface area contributed by atoms with Crippen LogP contribution in [0.4, 0.5) is 35.1 Å². The van der Waals surface area contributed by atoms with E-state index < -0.39 is 31.5 Å². The van der Waals surface area contributed by atoms with Crippen LogP contribution in [0.3, 0.4) is 0 Å². The first-order chi connectivity index (χ1) is 6.14. The van der Waals surface area contributed by atoms with Crippen molar-refractivity contribution in [2.45, 2.75) is 24.8 Å². The molecule has 0 saturated heterocycles. The van der Waals surface area contributed by atoms with Crippen LogP contribution in [0.2, 0.25) is 0 Å². The summed E-state index contributed by atoms with van der Waals surface area (Å²) in [5, 5.41) is 0. The van der Waals surface area contributed by atoms with Gasteiger partial charge in [-0.05, 0) is 0 Å². The number of halogens is 8. The molecule has 0 aliphatic carbocycles. The Morgan fingerprint density at radius 1 is 1.00 bits per heavy atom. The van der Waals surface area contributed by atoms with Crippen molar-refractivity contribution in [1.82, 2.24) is 0 Å². The van der Waals surface area contributed by atoms with Crippen molar-refractivity contribution < 1.29 is 39.9 Å². The minimum atomic E-state index is -5.61. The lowest BCUT2D eigenvalue weighted by atomic mass is 10.3. The van der Waals surface area contributed by atoms with Gasteiger partial charge in [0.2, 0.25) is 0 Å². The smallest absolute Gasteiger partial charge is 0.275 e. The maximum atomic E-state index is 12.0. The minimum absolute atomic E-state index is 2.41. The van der Waals surface area contributed by atoms with Crippen molar-refractivity contribution in [1.29, 1.82) is 0 Å². The lowest BCUT2D eigenvalue weighted by molar-refractivity contribution is -0.387. The van der Waals surface area contributed by atoms with E-state index >= 15 is 0 Å². The molecule has 0 heterocycles. The summed E-state index contributed by atoms with van der Waals surface area (Å²) >= 11 is 0. The van der Waals surface area contributed by atoms with Crippen LogP contribution in [0.25, 0.3) is 0 Å². The molecule has 0 aromatic heterocycles. The molecule has 0 aliphatic heterocycles. The zero-order valence-electron chi connectivity index (χ0n) is 6.29. The standard InChI is InChI=1S/C5H4F8O/c6-1-4(10,11)5(12,13)14-3(9)2(7)8/h2-3H,1H2. The Morgan fingerprint density at radius 3 is 1.71 bits per heavy atom. The van der Waals surface area contributed by atoms with E-state index in [4.69, 9.17) is 0 Å². The van der Waals surface area contributed by atoms with Crippen molar-refractivity contribution in [2.75, 3.05) is 6.67 Å². The first kappa shape index (κ1) is 13.4. The number of ether oxygens (including phenoxy) is 1. The van der Waals surface area contributed by atoms with E-state index in [1.807, 2.05) is 0 Å². The molecular weight excluding hydrogens is 228 g/mol. The Hall–Kier alpha value is -0.600. The zero-order valence-corrected chi connectivity index (χ0v) is 6.29. The summed E-state index contributed by atoms with van der Waals surface area (Å²) in [5.41, 5.74) is 0. The average Bonchev–Trinajstić information content (AvgIpc) is 2.03. The van der Waals surface area contributed by atoms with Gasteiger partial charge in [0.15, 0.2) is 6.67 Å². The molecule has 0 radical (unpaired) electrons. The predicted molar refractivity (Wildman–Crippen MR) is 27.9 cm³/mol. The van der Waals surface area contributed by atoms with Crippen molar-refractivity contribution in [3.05, 3.63) is 0 Å². The summed E-state index contributed by atoms with van der Waals surface area (Å²) in [4.78, 5) is 0. The first-order valence-electron chi connectivity index (χ1n) is 3.05. The molecule has 0 saturated carbocycles. The van der Waals surface area contributed by atoms with Gasteiger partial charge in [-0.1, -0.05) is 0 Å². The summed E-state index contributed by atoms with van der Waals surface area (Å²) in [6, 6.07) is 0. The van der Waals surface area contributed by atoms with Gasteiger partial charge in [-0.15, -0.1) is 0 Å². The second-order valence-corrected chi connectivity index (χ2v) is 2.16. The van der Waals surface area contributed by atoms with E-state index in [1.165, 1.54) is 0 Å². The molecule has 1 unspecified atom stereocenters. The highest BCUT2D eigenvalue weighted by Crippen LogP contribution is 2.37. The van der Waals surface area contributed by atoms with Crippen LogP contribution in [0.15, 0.2) is 0 Å². The molecule has 0 aromatic rings. The van der Waals surface area contributed by atoms with Crippen LogP contribution in [0.1, 0.15) is 0 Å². The molecule has 0 rings (SSSR count). The summed E-state index contributed by atoms with van der Waals surface area (Å²) in [5.74, 6) is -5.34. The number of alkyl halides is 8. The van der Waals surface area contributed by atoms with Gasteiger partial charge >= 0.3 is 12.0 Å². The Kier molecular flexibility index (Phi) is 4.10. The van der Waals surface area contributed by atoms with E-state index in [2.05, 4.69) is 4.74 Å². The van der Waals surface area contributed by atoms with Crippen LogP contribution in [-0.2, 0) is 4.74 Å². The fourth-order valence-electron chi connectivity index (χ4n) is 0.357. The van der Waals surface area contributed by atoms with Gasteiger partial charge in [0, 0.05) is 0 Å². The van der Waals surface area contributed by atoms with E-state index in [0.717, 1.165) is 0 Å². The molecule has 0 spiro atoms. The van der Waals surface area contributed by atoms with Crippen molar-refractivity contribution >= 4 is 0 Å². The number of hydrogen-bond donors (Lipinski definition) is 0. The number of rotatable bonds is 5. The number of hydrogen-bond acceptors (Lipinski definition) is 1. The second kappa shape index (κ2) is 4.28. The normalized spacial score (nSPS) is 16.1. The molecule has 0 amide bonds. The van der Waals surface area contributed by atoms with E-state index in [1.54, 1.807) is 0 Å². The van der Waals surface area contributed by atoms with Crippen molar-refractivity contribution in [2.24, 2.45) is 0 Å². The second-order valence-electron chi connectivity index (χ2n) is 2.16. The highest BCUT2D eigenvalue weighted by molar-refractivity contribution is 4.76. The highest BCUT2D eigenvalue weighted by atomic mass is 19.3. The third-order valence-corrected chi connectivity index (χ3v) is 1.05. The van der Waals surface area contributed by atoms with Gasteiger partial charge in [-0.2, -0.15) is 17.6 Å². The first-order valence-corrected chi connectivity index (χ1v) is 3.05. The quantitative estimate of drug-likeness (QED) is 0.662. The maximum Gasteiger partial charge on any atom is 0.424 e. The Labute approximate surface area is 72.6 Å². The van der Waals surface area contributed by atoms with Crippen molar-refractivity contribution in [3.8, 4) is 0 Å². The maximum absolute atomic E-state index is 12.0. The molecule has 0 N–H and O–H groups in total. The Bertz CT molecular complexity index is 181. The summed E-state index contributed by atoms with van der Waals surface area (Å²) in [6.07, 6.45) is -13.5. The SMILES string of the molecule is FCC(F)(F)C(F)(F)OC(F)C(F)F. The predicted octanol–water partition coefficient (Wildman–Crippen LogP) is 2.76. The van der Waals surface area contributed by atoms with Crippen molar-refractivity contribution in [3.63, 3.8) is 0 Å². The lowest BCUT2D eigenvalue weighted by Gasteiger charge is -2.24. The topological polar surface area (TPSA) is 9.23 Å². The van der Waals surface area contributed by atoms with Gasteiger partial charge in [0.1, 0.15) is 0 Å². The van der Waals surface area contributed by atoms with Gasteiger partial charge in [-0.25, -0.2) is 17.6 Å². The van der Waals surface area contributed by atoms with Gasteiger partial charge in [0.05, 0.1) is 0 Å². The molecule has 0 aliphatic rings. The molecule has 9 heteroatoms. The monoisotopic (exact) mass is 232 g/mol. The molecule has 14 heavy (non-hydrogen) atoms. The fourth-order valence-corrected chi connectivity index (χ4v) is 0.357. The van der Waals surface area contributed by atoms with Crippen LogP contribution >= 0.6 is 0 Å². The van der Waals surface area contributed by atoms with Crippen LogP contribution in [-0.4, -0.2) is 31.5 Å². The fraction of sp³-hybridized carbons (Fsp3) is 1.00. The molecule has 1 atom stereocenters. The van der Waals surface area contributed by atoms with E-state index in [9.17, 15) is 35.1 Å². The molecular formula is C5H4F8O. The molecule has 0 bridgehead atoms. The highest BCUT2D eigenvalue weighted by Gasteiger charge is 2.60. The molecule has 86 valence electrons. The average molecular weight is 232 g/mol. The third-order valence-electron chi connectivity index (χ3n) is 1.05. The van der Waals surface area contributed by atoms with Gasteiger partial charge < -0.3 is 0 Å². The third kappa shape index (κ3) is 2.96. The summed E-state index contributed by atoms with van der Waals surface area (Å²) in [6.45, 7) is -2.85. The van der Waals surface area contributed by atoms with E-state index in [-0.39, 0.29) is 0 Å². The van der Waals surface area contributed by atoms with E-state index in [0.29, 0.717) is 0 Å². The molecule has 1 nitrogen and oxygen atoms in total. The van der Waals surface area contributed by atoms with Gasteiger partial charge in [-0.3, -0.25) is 4.74 Å². The zero-order chi connectivity index (χ0) is 11.6. The van der Waals surface area contributed by atoms with Crippen LogP contribution in [0, 0.1) is 0 Å². The largest absolute Gasteiger partial charge is 0.424 e. The lowest BCUT2D eigenvalue weighted by Crippen LogP contribution is -2.47. The van der Waals surface area contributed by atoms with Crippen LogP contribution in [0.5, 0.6) is 0 Å². The van der Waals surface area contributed by atoms with Crippen LogP contribution < -0.4 is 0 Å². The Morgan fingerprint density at radius 2 is 1.43 bits per heavy atom. The molecule has 0 fully saturated rings. The minimum Gasteiger partial charge on any atom is -0.275 e. The summed E-state index contributed by atoms with van der Waals surface area (Å²) < 4.78 is 95.9. The molecule has 0 aromatic carbocycles. The van der Waals surface area contributed by atoms with Gasteiger partial charge in [0.25, 0.3) is 12.8 Å². The summed E-state index contributed by atoms with van der Waals surface area (Å²) in [7, 11) is 0.